The number of rotatable bonds is 4. The molecular formula is C11H19F3N2O. The Kier molecular flexibility index (Phi) is 5.24. The molecule has 17 heavy (non-hydrogen) atoms. The van der Waals surface area contributed by atoms with Gasteiger partial charge in [0.15, 0.2) is 0 Å². The van der Waals surface area contributed by atoms with E-state index in [0.29, 0.717) is 5.92 Å². The lowest BCUT2D eigenvalue weighted by molar-refractivity contribution is -0.139. The van der Waals surface area contributed by atoms with Crippen LogP contribution in [0.25, 0.3) is 0 Å². The Balaban J connectivity index is 2.25. The molecular weight excluding hydrogens is 233 g/mol. The number of alkyl halides is 3. The predicted molar refractivity (Wildman–Crippen MR) is 58.4 cm³/mol. The van der Waals surface area contributed by atoms with E-state index in [1.54, 1.807) is 0 Å². The molecule has 0 bridgehead atoms. The summed E-state index contributed by atoms with van der Waals surface area (Å²) < 4.78 is 35.7. The summed E-state index contributed by atoms with van der Waals surface area (Å²) in [6.45, 7) is 2.56. The lowest BCUT2D eigenvalue weighted by Gasteiger charge is -2.27. The minimum absolute atomic E-state index is 0.144. The first-order chi connectivity index (χ1) is 7.88. The van der Waals surface area contributed by atoms with Crippen LogP contribution in [0, 0.1) is 11.8 Å². The minimum atomic E-state index is -4.33. The topological polar surface area (TPSA) is 41.1 Å². The maximum atomic E-state index is 11.9. The van der Waals surface area contributed by atoms with Crippen molar-refractivity contribution < 1.29 is 18.0 Å². The maximum absolute atomic E-state index is 11.9. The van der Waals surface area contributed by atoms with E-state index in [1.165, 1.54) is 0 Å². The van der Waals surface area contributed by atoms with Gasteiger partial charge in [-0.2, -0.15) is 13.2 Å². The third-order valence-corrected chi connectivity index (χ3v) is 3.18. The molecule has 1 unspecified atom stereocenters. The molecule has 1 saturated heterocycles. The van der Waals surface area contributed by atoms with Crippen LogP contribution in [0.3, 0.4) is 0 Å². The van der Waals surface area contributed by atoms with Crippen molar-refractivity contribution in [2.75, 3.05) is 19.6 Å². The average Bonchev–Trinajstić information content (AvgIpc) is 2.27. The summed E-state index contributed by atoms with van der Waals surface area (Å²) in [5.41, 5.74) is 0. The Morgan fingerprint density at radius 3 is 2.53 bits per heavy atom. The summed E-state index contributed by atoms with van der Waals surface area (Å²) in [6.07, 6.45) is -2.16. The van der Waals surface area contributed by atoms with Crippen molar-refractivity contribution in [1.82, 2.24) is 10.6 Å². The van der Waals surface area contributed by atoms with Gasteiger partial charge in [-0.1, -0.05) is 6.92 Å². The van der Waals surface area contributed by atoms with Crippen LogP contribution in [-0.4, -0.2) is 31.7 Å². The van der Waals surface area contributed by atoms with Gasteiger partial charge in [0.2, 0.25) is 5.91 Å². The van der Waals surface area contributed by atoms with Crippen molar-refractivity contribution in [1.29, 1.82) is 0 Å². The Bertz CT molecular complexity index is 250. The highest BCUT2D eigenvalue weighted by molar-refractivity contribution is 5.76. The molecule has 0 aliphatic carbocycles. The lowest BCUT2D eigenvalue weighted by Crippen LogP contribution is -2.36. The van der Waals surface area contributed by atoms with Crippen LogP contribution in [-0.2, 0) is 4.79 Å². The Morgan fingerprint density at radius 2 is 2.00 bits per heavy atom. The molecule has 0 aromatic heterocycles. The Morgan fingerprint density at radius 1 is 1.41 bits per heavy atom. The summed E-state index contributed by atoms with van der Waals surface area (Å²) in [4.78, 5) is 11.3. The van der Waals surface area contributed by atoms with Gasteiger partial charge in [-0.05, 0) is 37.8 Å². The normalized spacial score (nSPS) is 20.0. The van der Waals surface area contributed by atoms with Crippen LogP contribution < -0.4 is 10.6 Å². The molecule has 0 aromatic carbocycles. The third-order valence-electron chi connectivity index (χ3n) is 3.18. The van der Waals surface area contributed by atoms with Crippen LogP contribution in [0.4, 0.5) is 13.2 Å². The number of nitrogens with one attached hydrogen (secondary N) is 2. The van der Waals surface area contributed by atoms with Crippen LogP contribution >= 0.6 is 0 Å². The molecule has 3 nitrogen and oxygen atoms in total. The summed E-state index contributed by atoms with van der Waals surface area (Å²) >= 11 is 0. The van der Waals surface area contributed by atoms with Gasteiger partial charge in [0.05, 0.1) is 0 Å². The summed E-state index contributed by atoms with van der Waals surface area (Å²) in [6, 6.07) is 0. The number of piperidine rings is 1. The minimum Gasteiger partial charge on any atom is -0.347 e. The first-order valence-electron chi connectivity index (χ1n) is 5.92. The second-order valence-corrected chi connectivity index (χ2v) is 4.66. The van der Waals surface area contributed by atoms with Crippen molar-refractivity contribution >= 4 is 5.91 Å². The predicted octanol–water partition coefficient (Wildman–Crippen LogP) is 1.69. The molecule has 0 spiro atoms. The van der Waals surface area contributed by atoms with Gasteiger partial charge in [-0.15, -0.1) is 0 Å². The van der Waals surface area contributed by atoms with Crippen molar-refractivity contribution in [3.63, 3.8) is 0 Å². The fourth-order valence-corrected chi connectivity index (χ4v) is 2.14. The number of hydrogen-bond acceptors (Lipinski definition) is 2. The zero-order chi connectivity index (χ0) is 12.9. The van der Waals surface area contributed by atoms with Crippen LogP contribution in [0.5, 0.6) is 0 Å². The van der Waals surface area contributed by atoms with E-state index in [9.17, 15) is 18.0 Å². The van der Waals surface area contributed by atoms with E-state index < -0.39 is 18.6 Å². The van der Waals surface area contributed by atoms with Crippen LogP contribution in [0.2, 0.25) is 0 Å². The van der Waals surface area contributed by atoms with Crippen LogP contribution in [0.15, 0.2) is 0 Å². The molecule has 6 heteroatoms. The lowest BCUT2D eigenvalue weighted by atomic mass is 9.84. The molecule has 1 rings (SSSR count). The fraction of sp³-hybridized carbons (Fsp3) is 0.909. The Labute approximate surface area is 99.1 Å². The second kappa shape index (κ2) is 6.23. The zero-order valence-corrected chi connectivity index (χ0v) is 9.94. The van der Waals surface area contributed by atoms with Crippen molar-refractivity contribution in [3.8, 4) is 0 Å². The molecule has 1 amide bonds. The molecule has 2 N–H and O–H groups in total. The van der Waals surface area contributed by atoms with Gasteiger partial charge in [-0.3, -0.25) is 4.79 Å². The molecule has 1 fully saturated rings. The third kappa shape index (κ3) is 5.91. The van der Waals surface area contributed by atoms with Gasteiger partial charge >= 0.3 is 6.18 Å². The average molecular weight is 252 g/mol. The van der Waals surface area contributed by atoms with Crippen molar-refractivity contribution in [2.24, 2.45) is 11.8 Å². The standard InChI is InChI=1S/C11H19F3N2O/c1-8(9-2-4-15-5-3-9)6-10(17)16-7-11(12,13)14/h8-9,15H,2-7H2,1H3,(H,16,17). The van der Waals surface area contributed by atoms with E-state index in [1.807, 2.05) is 12.2 Å². The first-order valence-corrected chi connectivity index (χ1v) is 5.92. The molecule has 0 radical (unpaired) electrons. The quantitative estimate of drug-likeness (QED) is 0.799. The molecule has 1 heterocycles. The summed E-state index contributed by atoms with van der Waals surface area (Å²) in [5.74, 6) is 0.0755. The van der Waals surface area contributed by atoms with E-state index in [2.05, 4.69) is 5.32 Å². The second-order valence-electron chi connectivity index (χ2n) is 4.66. The largest absolute Gasteiger partial charge is 0.405 e. The van der Waals surface area contributed by atoms with Crippen LogP contribution in [0.1, 0.15) is 26.2 Å². The molecule has 1 aliphatic rings. The molecule has 0 aromatic rings. The highest BCUT2D eigenvalue weighted by atomic mass is 19.4. The number of hydrogen-bond donors (Lipinski definition) is 2. The Hall–Kier alpha value is -0.780. The monoisotopic (exact) mass is 252 g/mol. The first kappa shape index (κ1) is 14.3. The molecule has 1 aliphatic heterocycles. The van der Waals surface area contributed by atoms with Gasteiger partial charge in [0.1, 0.15) is 6.54 Å². The van der Waals surface area contributed by atoms with E-state index >= 15 is 0 Å². The fourth-order valence-electron chi connectivity index (χ4n) is 2.14. The SMILES string of the molecule is CC(CC(=O)NCC(F)(F)F)C1CCNCC1. The smallest absolute Gasteiger partial charge is 0.347 e. The molecule has 1 atom stereocenters. The van der Waals surface area contributed by atoms with E-state index in [-0.39, 0.29) is 12.3 Å². The highest BCUT2D eigenvalue weighted by Gasteiger charge is 2.28. The van der Waals surface area contributed by atoms with E-state index in [0.717, 1.165) is 25.9 Å². The van der Waals surface area contributed by atoms with Crippen molar-refractivity contribution in [3.05, 3.63) is 0 Å². The van der Waals surface area contributed by atoms with Gasteiger partial charge in [0.25, 0.3) is 0 Å². The summed E-state index contributed by atoms with van der Waals surface area (Å²) in [5, 5.41) is 5.13. The zero-order valence-electron chi connectivity index (χ0n) is 9.94. The van der Waals surface area contributed by atoms with Gasteiger partial charge < -0.3 is 10.6 Å². The summed E-state index contributed by atoms with van der Waals surface area (Å²) in [7, 11) is 0. The van der Waals surface area contributed by atoms with E-state index in [4.69, 9.17) is 0 Å². The van der Waals surface area contributed by atoms with Gasteiger partial charge in [0, 0.05) is 6.42 Å². The number of carbonyl (C=O) groups is 1. The molecule has 100 valence electrons. The molecule has 0 saturated carbocycles. The highest BCUT2D eigenvalue weighted by Crippen LogP contribution is 2.24. The maximum Gasteiger partial charge on any atom is 0.405 e. The van der Waals surface area contributed by atoms with Crippen molar-refractivity contribution in [2.45, 2.75) is 32.4 Å². The number of halogens is 3. The number of carbonyl (C=O) groups excluding carboxylic acids is 1. The van der Waals surface area contributed by atoms with Gasteiger partial charge in [-0.25, -0.2) is 0 Å². The number of amides is 1.